The smallest absolute Gasteiger partial charge is 0.271 e. The van der Waals surface area contributed by atoms with Crippen LogP contribution in [0.1, 0.15) is 50.3 Å². The lowest BCUT2D eigenvalue weighted by molar-refractivity contribution is 0.0939. The van der Waals surface area contributed by atoms with Gasteiger partial charge in [-0.05, 0) is 47.1 Å². The van der Waals surface area contributed by atoms with Crippen molar-refractivity contribution in [3.05, 3.63) is 17.5 Å². The summed E-state index contributed by atoms with van der Waals surface area (Å²) >= 11 is 0. The molecule has 102 valence electrons. The number of aromatic nitrogens is 2. The number of hydrogen-bond donors (Lipinski definition) is 2. The number of hydrogen-bond acceptors (Lipinski definition) is 3. The molecule has 0 spiro atoms. The van der Waals surface area contributed by atoms with Gasteiger partial charge in [-0.3, -0.25) is 9.48 Å². The summed E-state index contributed by atoms with van der Waals surface area (Å²) in [5.74, 6) is -0.193. The highest BCUT2D eigenvalue weighted by molar-refractivity contribution is 5.92. The summed E-state index contributed by atoms with van der Waals surface area (Å²) in [6.45, 7) is 10.2. The van der Waals surface area contributed by atoms with E-state index in [1.165, 1.54) is 0 Å². The predicted octanol–water partition coefficient (Wildman–Crippen LogP) is 1.45. The Labute approximate surface area is 108 Å². The minimum Gasteiger partial charge on any atom is -0.393 e. The van der Waals surface area contributed by atoms with Crippen LogP contribution in [-0.4, -0.2) is 33.4 Å². The number of aliphatic hydroxyl groups excluding tert-OH is 1. The normalized spacial score (nSPS) is 13.4. The predicted molar refractivity (Wildman–Crippen MR) is 70.6 cm³/mol. The van der Waals surface area contributed by atoms with Gasteiger partial charge < -0.3 is 10.4 Å². The molecule has 0 radical (unpaired) electrons. The molecule has 5 heteroatoms. The second-order valence-electron chi connectivity index (χ2n) is 5.65. The molecule has 0 aliphatic rings. The van der Waals surface area contributed by atoms with Crippen molar-refractivity contribution in [2.24, 2.45) is 0 Å². The average molecular weight is 253 g/mol. The second-order valence-corrected chi connectivity index (χ2v) is 5.65. The van der Waals surface area contributed by atoms with Crippen LogP contribution in [0.3, 0.4) is 0 Å². The number of nitrogens with one attached hydrogen (secondary N) is 1. The van der Waals surface area contributed by atoms with Crippen LogP contribution >= 0.6 is 0 Å². The van der Waals surface area contributed by atoms with E-state index >= 15 is 0 Å². The molecule has 1 unspecified atom stereocenters. The minimum atomic E-state index is -0.404. The lowest BCUT2D eigenvalue weighted by Crippen LogP contribution is -2.28. The van der Waals surface area contributed by atoms with Crippen molar-refractivity contribution in [3.63, 3.8) is 0 Å². The number of aryl methyl sites for hydroxylation is 1. The average Bonchev–Trinajstić information content (AvgIpc) is 2.59. The van der Waals surface area contributed by atoms with Crippen LogP contribution in [0, 0.1) is 6.92 Å². The van der Waals surface area contributed by atoms with Gasteiger partial charge in [0.1, 0.15) is 5.69 Å². The van der Waals surface area contributed by atoms with Crippen molar-refractivity contribution in [1.29, 1.82) is 0 Å². The number of nitrogens with zero attached hydrogens (tertiary/aromatic N) is 2. The lowest BCUT2D eigenvalue weighted by atomic mass is 10.1. The molecule has 0 aromatic carbocycles. The molecule has 2 N–H and O–H groups in total. The van der Waals surface area contributed by atoms with Crippen LogP contribution in [0.25, 0.3) is 0 Å². The summed E-state index contributed by atoms with van der Waals surface area (Å²) in [6.07, 6.45) is 0.143. The van der Waals surface area contributed by atoms with Crippen LogP contribution in [-0.2, 0) is 5.54 Å². The number of carbonyl (C=O) groups excluding carboxylic acids is 1. The highest BCUT2D eigenvalue weighted by atomic mass is 16.3. The van der Waals surface area contributed by atoms with Gasteiger partial charge in [-0.25, -0.2) is 0 Å². The summed E-state index contributed by atoms with van der Waals surface area (Å²) in [6, 6.07) is 1.78. The zero-order chi connectivity index (χ0) is 13.9. The minimum absolute atomic E-state index is 0.137. The monoisotopic (exact) mass is 253 g/mol. The first-order valence-corrected chi connectivity index (χ1v) is 6.25. The molecular weight excluding hydrogens is 230 g/mol. The first kappa shape index (κ1) is 14.7. The third-order valence-corrected chi connectivity index (χ3v) is 2.60. The lowest BCUT2D eigenvalue weighted by Gasteiger charge is -2.21. The zero-order valence-electron chi connectivity index (χ0n) is 11.8. The first-order chi connectivity index (χ1) is 8.21. The van der Waals surface area contributed by atoms with Gasteiger partial charge in [-0.15, -0.1) is 0 Å². The van der Waals surface area contributed by atoms with Gasteiger partial charge in [-0.2, -0.15) is 5.10 Å². The molecule has 1 heterocycles. The molecule has 1 rings (SSSR count). The number of rotatable bonds is 4. The Morgan fingerprint density at radius 3 is 2.61 bits per heavy atom. The Bertz CT molecular complexity index is 416. The van der Waals surface area contributed by atoms with E-state index in [1.807, 2.05) is 32.4 Å². The third kappa shape index (κ3) is 3.84. The van der Waals surface area contributed by atoms with Crippen LogP contribution in [0.2, 0.25) is 0 Å². The Morgan fingerprint density at radius 1 is 1.56 bits per heavy atom. The second kappa shape index (κ2) is 5.52. The summed E-state index contributed by atoms with van der Waals surface area (Å²) in [4.78, 5) is 11.9. The van der Waals surface area contributed by atoms with E-state index < -0.39 is 6.10 Å². The highest BCUT2D eigenvalue weighted by Gasteiger charge is 2.19. The Balaban J connectivity index is 2.70. The van der Waals surface area contributed by atoms with Gasteiger partial charge in [0.15, 0.2) is 0 Å². The van der Waals surface area contributed by atoms with Crippen LogP contribution < -0.4 is 5.32 Å². The van der Waals surface area contributed by atoms with Crippen molar-refractivity contribution in [2.75, 3.05) is 6.54 Å². The number of aliphatic hydroxyl groups is 1. The quantitative estimate of drug-likeness (QED) is 0.853. The molecular formula is C13H23N3O2. The molecule has 0 fully saturated rings. The van der Waals surface area contributed by atoms with Gasteiger partial charge in [0.05, 0.1) is 11.6 Å². The van der Waals surface area contributed by atoms with E-state index in [-0.39, 0.29) is 11.4 Å². The van der Waals surface area contributed by atoms with Crippen molar-refractivity contribution in [3.8, 4) is 0 Å². The van der Waals surface area contributed by atoms with Crippen molar-refractivity contribution in [1.82, 2.24) is 15.1 Å². The fourth-order valence-electron chi connectivity index (χ4n) is 1.75. The summed E-state index contributed by atoms with van der Waals surface area (Å²) in [7, 11) is 0. The zero-order valence-corrected chi connectivity index (χ0v) is 11.8. The van der Waals surface area contributed by atoms with E-state index in [0.717, 1.165) is 5.69 Å². The van der Waals surface area contributed by atoms with Crippen molar-refractivity contribution >= 4 is 5.91 Å². The van der Waals surface area contributed by atoms with Crippen LogP contribution in [0.15, 0.2) is 6.07 Å². The molecule has 1 atom stereocenters. The summed E-state index contributed by atoms with van der Waals surface area (Å²) in [5.41, 5.74) is 1.25. The third-order valence-electron chi connectivity index (χ3n) is 2.60. The maximum atomic E-state index is 11.9. The molecule has 1 amide bonds. The molecule has 0 saturated carbocycles. The van der Waals surface area contributed by atoms with E-state index in [2.05, 4.69) is 10.4 Å². The number of carbonyl (C=O) groups is 1. The fourth-order valence-corrected chi connectivity index (χ4v) is 1.75. The fraction of sp³-hybridized carbons (Fsp3) is 0.692. The van der Waals surface area contributed by atoms with Crippen LogP contribution in [0.5, 0.6) is 0 Å². The van der Waals surface area contributed by atoms with E-state index in [1.54, 1.807) is 13.0 Å². The summed E-state index contributed by atoms with van der Waals surface area (Å²) < 4.78 is 1.84. The van der Waals surface area contributed by atoms with Crippen LogP contribution in [0.4, 0.5) is 0 Å². The van der Waals surface area contributed by atoms with Gasteiger partial charge >= 0.3 is 0 Å². The van der Waals surface area contributed by atoms with E-state index in [9.17, 15) is 4.79 Å². The van der Waals surface area contributed by atoms with Gasteiger partial charge in [0.2, 0.25) is 0 Å². The van der Waals surface area contributed by atoms with Gasteiger partial charge in [0, 0.05) is 12.2 Å². The Hall–Kier alpha value is -1.36. The molecule has 1 aromatic heterocycles. The molecule has 5 nitrogen and oxygen atoms in total. The van der Waals surface area contributed by atoms with E-state index in [0.29, 0.717) is 18.7 Å². The van der Waals surface area contributed by atoms with Crippen molar-refractivity contribution < 1.29 is 9.90 Å². The van der Waals surface area contributed by atoms with E-state index in [4.69, 9.17) is 5.11 Å². The maximum Gasteiger partial charge on any atom is 0.271 e. The van der Waals surface area contributed by atoms with Gasteiger partial charge in [0.25, 0.3) is 5.91 Å². The Kier molecular flexibility index (Phi) is 4.51. The number of amides is 1. The van der Waals surface area contributed by atoms with Crippen molar-refractivity contribution in [2.45, 2.75) is 52.7 Å². The molecule has 0 aliphatic heterocycles. The Morgan fingerprint density at radius 2 is 2.17 bits per heavy atom. The molecule has 1 aromatic rings. The van der Waals surface area contributed by atoms with Gasteiger partial charge in [-0.1, -0.05) is 0 Å². The first-order valence-electron chi connectivity index (χ1n) is 6.25. The standard InChI is InChI=1S/C13H23N3O2/c1-9-8-11(15-16(9)13(3,4)5)12(18)14-7-6-10(2)17/h8,10,17H,6-7H2,1-5H3,(H,14,18). The topological polar surface area (TPSA) is 67.2 Å². The maximum absolute atomic E-state index is 11.9. The SMILES string of the molecule is Cc1cc(C(=O)NCCC(C)O)nn1C(C)(C)C. The summed E-state index contributed by atoms with van der Waals surface area (Å²) in [5, 5.41) is 16.2. The molecule has 0 aliphatic carbocycles. The molecule has 0 saturated heterocycles. The molecule has 18 heavy (non-hydrogen) atoms. The molecule has 0 bridgehead atoms. The highest BCUT2D eigenvalue weighted by Crippen LogP contribution is 2.16. The largest absolute Gasteiger partial charge is 0.393 e.